The lowest BCUT2D eigenvalue weighted by molar-refractivity contribution is 0.0939. The van der Waals surface area contributed by atoms with E-state index in [4.69, 9.17) is 9.47 Å². The average molecular weight is 311 g/mol. The molecule has 4 heteroatoms. The van der Waals surface area contributed by atoms with Crippen molar-refractivity contribution in [2.75, 3.05) is 14.2 Å². The van der Waals surface area contributed by atoms with Crippen LogP contribution in [-0.4, -0.2) is 26.2 Å². The normalized spacial score (nSPS) is 17.0. The second kappa shape index (κ2) is 6.73. The lowest BCUT2D eigenvalue weighted by Gasteiger charge is -2.15. The molecule has 0 radical (unpaired) electrons. The number of carbonyl (C=O) groups is 1. The highest BCUT2D eigenvalue weighted by Gasteiger charge is 2.24. The maximum Gasteiger partial charge on any atom is 0.251 e. The van der Waals surface area contributed by atoms with E-state index in [-0.39, 0.29) is 11.9 Å². The van der Waals surface area contributed by atoms with Crippen molar-refractivity contribution >= 4 is 5.91 Å². The number of hydrogen-bond donors (Lipinski definition) is 1. The van der Waals surface area contributed by atoms with Crippen LogP contribution < -0.4 is 14.8 Å². The molecular formula is C19H21NO3. The minimum Gasteiger partial charge on any atom is -0.493 e. The van der Waals surface area contributed by atoms with Crippen molar-refractivity contribution in [1.82, 2.24) is 5.32 Å². The first-order valence-electron chi connectivity index (χ1n) is 7.81. The van der Waals surface area contributed by atoms with Gasteiger partial charge in [-0.25, -0.2) is 0 Å². The average Bonchev–Trinajstić information content (AvgIpc) is 2.73. The summed E-state index contributed by atoms with van der Waals surface area (Å²) in [6.45, 7) is 0. The van der Waals surface area contributed by atoms with Gasteiger partial charge in [-0.15, -0.1) is 0 Å². The van der Waals surface area contributed by atoms with Crippen LogP contribution in [-0.2, 0) is 12.8 Å². The molecule has 1 amide bonds. The highest BCUT2D eigenvalue weighted by molar-refractivity contribution is 5.97. The van der Waals surface area contributed by atoms with Crippen LogP contribution in [0, 0.1) is 0 Å². The summed E-state index contributed by atoms with van der Waals surface area (Å²) in [6, 6.07) is 14.1. The van der Waals surface area contributed by atoms with E-state index in [1.165, 1.54) is 5.56 Å². The first-order valence-corrected chi connectivity index (χ1v) is 7.81. The van der Waals surface area contributed by atoms with Gasteiger partial charge in [0.25, 0.3) is 5.91 Å². The van der Waals surface area contributed by atoms with Gasteiger partial charge in [-0.2, -0.15) is 0 Å². The van der Waals surface area contributed by atoms with Crippen LogP contribution in [0.4, 0.5) is 0 Å². The third-order valence-electron chi connectivity index (χ3n) is 4.28. The van der Waals surface area contributed by atoms with Gasteiger partial charge >= 0.3 is 0 Å². The first kappa shape index (κ1) is 15.4. The molecule has 0 bridgehead atoms. The van der Waals surface area contributed by atoms with Crippen molar-refractivity contribution in [2.24, 2.45) is 0 Å². The quantitative estimate of drug-likeness (QED) is 0.944. The molecule has 23 heavy (non-hydrogen) atoms. The molecule has 0 aliphatic carbocycles. The van der Waals surface area contributed by atoms with Crippen LogP contribution in [0.1, 0.15) is 27.9 Å². The van der Waals surface area contributed by atoms with Gasteiger partial charge in [0.2, 0.25) is 0 Å². The Kier molecular flexibility index (Phi) is 4.51. The number of aryl methyl sites for hydroxylation is 1. The van der Waals surface area contributed by atoms with Crippen molar-refractivity contribution in [3.63, 3.8) is 0 Å². The minimum absolute atomic E-state index is 0.0422. The number of ether oxygens (including phenoxy) is 2. The third kappa shape index (κ3) is 3.31. The Balaban J connectivity index is 1.83. The van der Waals surface area contributed by atoms with Gasteiger partial charge in [0.1, 0.15) is 0 Å². The van der Waals surface area contributed by atoms with Crippen molar-refractivity contribution in [3.8, 4) is 11.5 Å². The fraction of sp³-hybridized carbons (Fsp3) is 0.316. The zero-order valence-electron chi connectivity index (χ0n) is 13.5. The van der Waals surface area contributed by atoms with Crippen LogP contribution in [0.2, 0.25) is 0 Å². The molecule has 120 valence electrons. The Morgan fingerprint density at radius 2 is 1.78 bits per heavy atom. The summed E-state index contributed by atoms with van der Waals surface area (Å²) in [5.74, 6) is 1.21. The summed E-state index contributed by atoms with van der Waals surface area (Å²) in [6.07, 6.45) is 2.59. The van der Waals surface area contributed by atoms with Crippen LogP contribution in [0.5, 0.6) is 11.5 Å². The molecular weight excluding hydrogens is 290 g/mol. The van der Waals surface area contributed by atoms with Crippen LogP contribution in [0.15, 0.2) is 42.5 Å². The number of rotatable bonds is 4. The summed E-state index contributed by atoms with van der Waals surface area (Å²) >= 11 is 0. The van der Waals surface area contributed by atoms with E-state index >= 15 is 0 Å². The summed E-state index contributed by atoms with van der Waals surface area (Å²) in [7, 11) is 3.19. The molecule has 2 aromatic carbocycles. The van der Waals surface area contributed by atoms with Gasteiger partial charge in [-0.05, 0) is 42.5 Å². The lowest BCUT2D eigenvalue weighted by Crippen LogP contribution is -2.35. The molecule has 3 rings (SSSR count). The summed E-state index contributed by atoms with van der Waals surface area (Å²) in [4.78, 5) is 12.6. The van der Waals surface area contributed by atoms with Crippen molar-refractivity contribution in [2.45, 2.75) is 25.3 Å². The Hall–Kier alpha value is -2.49. The molecule has 0 saturated carbocycles. The van der Waals surface area contributed by atoms with Crippen LogP contribution in [0.25, 0.3) is 0 Å². The smallest absolute Gasteiger partial charge is 0.251 e. The third-order valence-corrected chi connectivity index (χ3v) is 4.28. The predicted molar refractivity (Wildman–Crippen MR) is 89.3 cm³/mol. The molecule has 1 aliphatic heterocycles. The number of methoxy groups -OCH3 is 2. The van der Waals surface area contributed by atoms with E-state index < -0.39 is 0 Å². The summed E-state index contributed by atoms with van der Waals surface area (Å²) in [5.41, 5.74) is 2.92. The lowest BCUT2D eigenvalue weighted by atomic mass is 9.99. The Bertz CT molecular complexity index is 697. The molecule has 1 unspecified atom stereocenters. The molecule has 1 heterocycles. The molecule has 0 fully saturated rings. The van der Waals surface area contributed by atoms with Crippen LogP contribution in [0.3, 0.4) is 0 Å². The van der Waals surface area contributed by atoms with Crippen LogP contribution >= 0.6 is 0 Å². The molecule has 0 aromatic heterocycles. The SMILES string of the molecule is COc1cc2c(cc1OC)C(=O)NC(Cc1ccccc1)CC2. The van der Waals surface area contributed by atoms with E-state index in [1.807, 2.05) is 24.3 Å². The Morgan fingerprint density at radius 1 is 1.09 bits per heavy atom. The summed E-state index contributed by atoms with van der Waals surface area (Å²) in [5, 5.41) is 3.14. The highest BCUT2D eigenvalue weighted by atomic mass is 16.5. The number of fused-ring (bicyclic) bond motifs is 1. The highest BCUT2D eigenvalue weighted by Crippen LogP contribution is 2.32. The Morgan fingerprint density at radius 3 is 2.48 bits per heavy atom. The second-order valence-electron chi connectivity index (χ2n) is 5.76. The van der Waals surface area contributed by atoms with Gasteiger partial charge in [0.15, 0.2) is 11.5 Å². The summed E-state index contributed by atoms with van der Waals surface area (Å²) < 4.78 is 10.7. The van der Waals surface area contributed by atoms with E-state index in [0.717, 1.165) is 24.8 Å². The van der Waals surface area contributed by atoms with Gasteiger partial charge < -0.3 is 14.8 Å². The maximum atomic E-state index is 12.6. The predicted octanol–water partition coefficient (Wildman–Crippen LogP) is 2.99. The van der Waals surface area contributed by atoms with E-state index in [0.29, 0.717) is 17.1 Å². The topological polar surface area (TPSA) is 47.6 Å². The van der Waals surface area contributed by atoms with Crippen molar-refractivity contribution < 1.29 is 14.3 Å². The van der Waals surface area contributed by atoms with Gasteiger partial charge in [-0.1, -0.05) is 30.3 Å². The standard InChI is InChI=1S/C19H21NO3/c1-22-17-11-14-8-9-15(10-13-6-4-3-5-7-13)20-19(21)16(14)12-18(17)23-2/h3-7,11-12,15H,8-10H2,1-2H3,(H,20,21). The van der Waals surface area contributed by atoms with Gasteiger partial charge in [-0.3, -0.25) is 4.79 Å². The number of hydrogen-bond acceptors (Lipinski definition) is 3. The maximum absolute atomic E-state index is 12.6. The molecule has 2 aromatic rings. The van der Waals surface area contributed by atoms with Crippen molar-refractivity contribution in [1.29, 1.82) is 0 Å². The van der Waals surface area contributed by atoms with Gasteiger partial charge in [0.05, 0.1) is 14.2 Å². The van der Waals surface area contributed by atoms with E-state index in [1.54, 1.807) is 20.3 Å². The number of amides is 1. The molecule has 0 spiro atoms. The van der Waals surface area contributed by atoms with Gasteiger partial charge in [0, 0.05) is 11.6 Å². The largest absolute Gasteiger partial charge is 0.493 e. The first-order chi connectivity index (χ1) is 11.2. The second-order valence-corrected chi connectivity index (χ2v) is 5.76. The number of nitrogens with one attached hydrogen (secondary N) is 1. The Labute approximate surface area is 136 Å². The zero-order valence-corrected chi connectivity index (χ0v) is 13.5. The van der Waals surface area contributed by atoms with E-state index in [2.05, 4.69) is 17.4 Å². The molecule has 1 N–H and O–H groups in total. The molecule has 4 nitrogen and oxygen atoms in total. The fourth-order valence-corrected chi connectivity index (χ4v) is 3.06. The number of benzene rings is 2. The fourth-order valence-electron chi connectivity index (χ4n) is 3.06. The number of carbonyl (C=O) groups excluding carboxylic acids is 1. The molecule has 1 atom stereocenters. The van der Waals surface area contributed by atoms with E-state index in [9.17, 15) is 4.79 Å². The zero-order chi connectivity index (χ0) is 16.2. The monoisotopic (exact) mass is 311 g/mol. The van der Waals surface area contributed by atoms with Crippen molar-refractivity contribution in [3.05, 3.63) is 59.2 Å². The molecule has 0 saturated heterocycles. The molecule has 1 aliphatic rings. The minimum atomic E-state index is -0.0422.